The summed E-state index contributed by atoms with van der Waals surface area (Å²) in [7, 11) is 0. The molecule has 2 N–H and O–H groups in total. The van der Waals surface area contributed by atoms with Crippen LogP contribution < -0.4 is 15.5 Å². The highest BCUT2D eigenvalue weighted by atomic mass is 32.1. The van der Waals surface area contributed by atoms with Gasteiger partial charge in [0.25, 0.3) is 0 Å². The Morgan fingerprint density at radius 3 is 2.50 bits per heavy atom. The predicted octanol–water partition coefficient (Wildman–Crippen LogP) is 3.54. The van der Waals surface area contributed by atoms with Crippen LogP contribution in [0.25, 0.3) is 0 Å². The molecule has 0 aromatic heterocycles. The van der Waals surface area contributed by atoms with E-state index in [1.807, 2.05) is 31.2 Å². The molecule has 0 fully saturated rings. The summed E-state index contributed by atoms with van der Waals surface area (Å²) >= 11 is 5.09. The highest BCUT2D eigenvalue weighted by Crippen LogP contribution is 2.10. The molecule has 0 amide bonds. The minimum Gasteiger partial charge on any atom is -0.494 e. The van der Waals surface area contributed by atoms with Gasteiger partial charge in [-0.2, -0.15) is 5.10 Å². The lowest BCUT2D eigenvalue weighted by atomic mass is 10.2. The topological polar surface area (TPSA) is 45.6 Å². The van der Waals surface area contributed by atoms with Crippen LogP contribution in [-0.4, -0.2) is 17.9 Å². The number of rotatable bonds is 5. The van der Waals surface area contributed by atoms with Gasteiger partial charge < -0.3 is 10.1 Å². The first kappa shape index (κ1) is 15.9. The van der Waals surface area contributed by atoms with Crippen LogP contribution in [0.15, 0.2) is 53.6 Å². The summed E-state index contributed by atoms with van der Waals surface area (Å²) in [5.74, 6) is 0.527. The average molecular weight is 317 g/mol. The van der Waals surface area contributed by atoms with Gasteiger partial charge in [0.1, 0.15) is 11.6 Å². The zero-order valence-corrected chi connectivity index (χ0v) is 12.9. The number of hydrogen-bond donors (Lipinski definition) is 2. The van der Waals surface area contributed by atoms with Crippen molar-refractivity contribution < 1.29 is 9.13 Å². The molecule has 0 spiro atoms. The van der Waals surface area contributed by atoms with Gasteiger partial charge in [-0.15, -0.1) is 0 Å². The van der Waals surface area contributed by atoms with Crippen molar-refractivity contribution in [2.75, 3.05) is 11.9 Å². The second-order valence-corrected chi connectivity index (χ2v) is 4.74. The third kappa shape index (κ3) is 5.14. The molecule has 0 heterocycles. The molecule has 0 saturated heterocycles. The molecule has 0 aliphatic rings. The summed E-state index contributed by atoms with van der Waals surface area (Å²) in [6, 6.07) is 13.4. The zero-order valence-electron chi connectivity index (χ0n) is 12.0. The number of benzene rings is 2. The van der Waals surface area contributed by atoms with Gasteiger partial charge in [0.05, 0.1) is 12.8 Å². The molecule has 0 unspecified atom stereocenters. The van der Waals surface area contributed by atoms with Crippen LogP contribution in [0, 0.1) is 5.82 Å². The van der Waals surface area contributed by atoms with Crippen molar-refractivity contribution in [2.45, 2.75) is 6.92 Å². The number of halogens is 1. The molecule has 2 aromatic carbocycles. The molecule has 22 heavy (non-hydrogen) atoms. The fraction of sp³-hybridized carbons (Fsp3) is 0.125. The van der Waals surface area contributed by atoms with Crippen LogP contribution in [0.2, 0.25) is 0 Å². The fourth-order valence-corrected chi connectivity index (χ4v) is 1.85. The molecular formula is C16H16FN3OS. The first-order valence-corrected chi connectivity index (χ1v) is 7.16. The SMILES string of the molecule is CCOc1ccc(/C=N/NC(=S)Nc2ccc(F)cc2)cc1. The summed E-state index contributed by atoms with van der Waals surface area (Å²) in [5, 5.41) is 7.27. The lowest BCUT2D eigenvalue weighted by Gasteiger charge is -2.06. The first-order valence-electron chi connectivity index (χ1n) is 6.76. The molecule has 0 aliphatic heterocycles. The fourth-order valence-electron chi connectivity index (χ4n) is 1.67. The van der Waals surface area contributed by atoms with E-state index in [9.17, 15) is 4.39 Å². The number of ether oxygens (including phenoxy) is 1. The predicted molar refractivity (Wildman–Crippen MR) is 91.0 cm³/mol. The van der Waals surface area contributed by atoms with Crippen LogP contribution in [0.4, 0.5) is 10.1 Å². The molecule has 4 nitrogen and oxygen atoms in total. The second-order valence-electron chi connectivity index (χ2n) is 4.33. The van der Waals surface area contributed by atoms with Crippen LogP contribution in [-0.2, 0) is 0 Å². The third-order valence-electron chi connectivity index (χ3n) is 2.67. The molecule has 2 rings (SSSR count). The minimum atomic E-state index is -0.294. The van der Waals surface area contributed by atoms with E-state index >= 15 is 0 Å². The molecule has 6 heteroatoms. The Kier molecular flexibility index (Phi) is 5.85. The quantitative estimate of drug-likeness (QED) is 0.503. The maximum Gasteiger partial charge on any atom is 0.191 e. The highest BCUT2D eigenvalue weighted by Gasteiger charge is 1.96. The number of thiocarbonyl (C=S) groups is 1. The third-order valence-corrected chi connectivity index (χ3v) is 2.87. The number of hydrazone groups is 1. The van der Waals surface area contributed by atoms with Crippen molar-refractivity contribution in [1.29, 1.82) is 0 Å². The summed E-state index contributed by atoms with van der Waals surface area (Å²) in [5.41, 5.74) is 4.31. The van der Waals surface area contributed by atoms with Gasteiger partial charge in [0, 0.05) is 5.69 Å². The second kappa shape index (κ2) is 8.09. The minimum absolute atomic E-state index is 0.294. The van der Waals surface area contributed by atoms with E-state index in [1.54, 1.807) is 18.3 Å². The van der Waals surface area contributed by atoms with Crippen LogP contribution in [0.5, 0.6) is 5.75 Å². The summed E-state index contributed by atoms with van der Waals surface area (Å²) in [6.07, 6.45) is 1.65. The Hall–Kier alpha value is -2.47. The number of nitrogens with one attached hydrogen (secondary N) is 2. The van der Waals surface area contributed by atoms with E-state index in [2.05, 4.69) is 15.8 Å². The van der Waals surface area contributed by atoms with Crippen LogP contribution >= 0.6 is 12.2 Å². The van der Waals surface area contributed by atoms with Gasteiger partial charge >= 0.3 is 0 Å². The maximum absolute atomic E-state index is 12.8. The Morgan fingerprint density at radius 2 is 1.86 bits per heavy atom. The lowest BCUT2D eigenvalue weighted by molar-refractivity contribution is 0.340. The lowest BCUT2D eigenvalue weighted by Crippen LogP contribution is -2.23. The van der Waals surface area contributed by atoms with E-state index in [0.29, 0.717) is 17.4 Å². The number of anilines is 1. The Morgan fingerprint density at radius 1 is 1.18 bits per heavy atom. The van der Waals surface area contributed by atoms with Crippen molar-refractivity contribution >= 4 is 29.2 Å². The molecule has 2 aromatic rings. The highest BCUT2D eigenvalue weighted by molar-refractivity contribution is 7.80. The first-order chi connectivity index (χ1) is 10.7. The zero-order chi connectivity index (χ0) is 15.8. The normalized spacial score (nSPS) is 10.5. The largest absolute Gasteiger partial charge is 0.494 e. The van der Waals surface area contributed by atoms with E-state index in [1.165, 1.54) is 12.1 Å². The van der Waals surface area contributed by atoms with Gasteiger partial charge in [-0.05, 0) is 73.2 Å². The van der Waals surface area contributed by atoms with Gasteiger partial charge in [0.15, 0.2) is 5.11 Å². The van der Waals surface area contributed by atoms with Gasteiger partial charge in [0.2, 0.25) is 0 Å². The Bertz CT molecular complexity index is 641. The molecule has 0 radical (unpaired) electrons. The van der Waals surface area contributed by atoms with E-state index in [4.69, 9.17) is 17.0 Å². The van der Waals surface area contributed by atoms with Gasteiger partial charge in [-0.1, -0.05) is 0 Å². The molecule has 114 valence electrons. The molecule has 0 bridgehead atoms. The molecule has 0 atom stereocenters. The summed E-state index contributed by atoms with van der Waals surface area (Å²) in [6.45, 7) is 2.58. The van der Waals surface area contributed by atoms with Gasteiger partial charge in [-0.3, -0.25) is 5.43 Å². The maximum atomic E-state index is 12.8. The smallest absolute Gasteiger partial charge is 0.191 e. The number of nitrogens with zero attached hydrogens (tertiary/aromatic N) is 1. The molecular weight excluding hydrogens is 301 g/mol. The number of hydrogen-bond acceptors (Lipinski definition) is 3. The standard InChI is InChI=1S/C16H16FN3OS/c1-2-21-15-9-3-12(4-10-15)11-18-20-16(22)19-14-7-5-13(17)6-8-14/h3-11H,2H2,1H3,(H2,19,20,22)/b18-11+. The van der Waals surface area contributed by atoms with E-state index in [0.717, 1.165) is 11.3 Å². The van der Waals surface area contributed by atoms with Crippen molar-refractivity contribution in [1.82, 2.24) is 5.43 Å². The van der Waals surface area contributed by atoms with Crippen molar-refractivity contribution in [3.8, 4) is 5.75 Å². The molecule has 0 saturated carbocycles. The summed E-state index contributed by atoms with van der Waals surface area (Å²) in [4.78, 5) is 0. The van der Waals surface area contributed by atoms with E-state index < -0.39 is 0 Å². The van der Waals surface area contributed by atoms with Crippen molar-refractivity contribution in [3.05, 3.63) is 59.9 Å². The Balaban J connectivity index is 1.83. The van der Waals surface area contributed by atoms with Crippen LogP contribution in [0.3, 0.4) is 0 Å². The van der Waals surface area contributed by atoms with Crippen molar-refractivity contribution in [2.24, 2.45) is 5.10 Å². The molecule has 0 aliphatic carbocycles. The average Bonchev–Trinajstić information content (AvgIpc) is 2.52. The van der Waals surface area contributed by atoms with Gasteiger partial charge in [-0.25, -0.2) is 4.39 Å². The van der Waals surface area contributed by atoms with Crippen molar-refractivity contribution in [3.63, 3.8) is 0 Å². The summed E-state index contributed by atoms with van der Waals surface area (Å²) < 4.78 is 18.1. The van der Waals surface area contributed by atoms with Crippen LogP contribution in [0.1, 0.15) is 12.5 Å². The van der Waals surface area contributed by atoms with E-state index in [-0.39, 0.29) is 5.82 Å². The monoisotopic (exact) mass is 317 g/mol. The Labute approximate surface area is 134 Å².